The summed E-state index contributed by atoms with van der Waals surface area (Å²) in [5, 5.41) is 6.86. The van der Waals surface area contributed by atoms with Gasteiger partial charge in [0.15, 0.2) is 0 Å². The number of amides is 1. The van der Waals surface area contributed by atoms with Gasteiger partial charge in [0.05, 0.1) is 11.2 Å². The number of nitrogens with zero attached hydrogens (tertiary/aromatic N) is 1. The van der Waals surface area contributed by atoms with Gasteiger partial charge in [0.25, 0.3) is 5.91 Å². The second-order valence-electron chi connectivity index (χ2n) is 7.44. The van der Waals surface area contributed by atoms with E-state index in [0.29, 0.717) is 11.1 Å². The molecule has 1 fully saturated rings. The van der Waals surface area contributed by atoms with Crippen molar-refractivity contribution >= 4 is 28.2 Å². The van der Waals surface area contributed by atoms with E-state index in [-0.39, 0.29) is 11.6 Å². The monoisotopic (exact) mass is 377 g/mol. The number of aromatic nitrogens is 1. The van der Waals surface area contributed by atoms with Gasteiger partial charge in [-0.1, -0.05) is 37.5 Å². The second-order valence-corrected chi connectivity index (χ2v) is 7.44. The fraction of sp³-hybridized carbons (Fsp3) is 0.304. The van der Waals surface area contributed by atoms with Gasteiger partial charge in [-0.05, 0) is 55.2 Å². The van der Waals surface area contributed by atoms with E-state index < -0.39 is 5.95 Å². The molecule has 0 spiro atoms. The van der Waals surface area contributed by atoms with Crippen molar-refractivity contribution in [1.82, 2.24) is 4.98 Å². The predicted molar refractivity (Wildman–Crippen MR) is 111 cm³/mol. The smallest absolute Gasteiger partial charge is 0.255 e. The molecule has 0 atom stereocenters. The van der Waals surface area contributed by atoms with Crippen molar-refractivity contribution in [2.45, 2.75) is 32.1 Å². The Morgan fingerprint density at radius 2 is 1.79 bits per heavy atom. The molecule has 1 amide bonds. The molecular formula is C23H24FN3O. The number of para-hydroxylation sites is 1. The number of nitrogens with one attached hydrogen (secondary N) is 2. The number of rotatable bonds is 5. The summed E-state index contributed by atoms with van der Waals surface area (Å²) in [4.78, 5) is 16.4. The van der Waals surface area contributed by atoms with Crippen LogP contribution in [-0.2, 0) is 0 Å². The van der Waals surface area contributed by atoms with Crippen LogP contribution in [0.5, 0.6) is 0 Å². The van der Waals surface area contributed by atoms with Crippen molar-refractivity contribution < 1.29 is 9.18 Å². The third-order valence-corrected chi connectivity index (χ3v) is 5.39. The Morgan fingerprint density at radius 3 is 2.57 bits per heavy atom. The van der Waals surface area contributed by atoms with Crippen LogP contribution >= 0.6 is 0 Å². The van der Waals surface area contributed by atoms with Crippen LogP contribution in [0.4, 0.5) is 15.8 Å². The maximum absolute atomic E-state index is 14.2. The number of halogens is 1. The minimum Gasteiger partial charge on any atom is -0.385 e. The standard InChI is InChI=1S/C23H24FN3O/c24-22-21(14-18-8-4-5-9-20(18)26-22)27-23(28)17-10-12-19(13-11-17)25-15-16-6-2-1-3-7-16/h4-5,8-14,16,25H,1-3,6-7,15H2,(H,27,28). The second kappa shape index (κ2) is 8.38. The zero-order valence-corrected chi connectivity index (χ0v) is 15.7. The van der Waals surface area contributed by atoms with Crippen LogP contribution in [0.25, 0.3) is 10.9 Å². The summed E-state index contributed by atoms with van der Waals surface area (Å²) in [5.41, 5.74) is 2.13. The molecule has 0 saturated heterocycles. The lowest BCUT2D eigenvalue weighted by molar-refractivity contribution is 0.102. The number of anilines is 2. The molecule has 1 aromatic heterocycles. The molecule has 4 nitrogen and oxygen atoms in total. The van der Waals surface area contributed by atoms with Crippen LogP contribution < -0.4 is 10.6 Å². The lowest BCUT2D eigenvalue weighted by atomic mass is 9.89. The Morgan fingerprint density at radius 1 is 1.04 bits per heavy atom. The summed E-state index contributed by atoms with van der Waals surface area (Å²) in [6.45, 7) is 0.972. The van der Waals surface area contributed by atoms with E-state index in [1.54, 1.807) is 30.3 Å². The van der Waals surface area contributed by atoms with Crippen molar-refractivity contribution in [3.63, 3.8) is 0 Å². The lowest BCUT2D eigenvalue weighted by Gasteiger charge is -2.22. The molecule has 5 heteroatoms. The van der Waals surface area contributed by atoms with E-state index in [1.807, 2.05) is 24.3 Å². The summed E-state index contributed by atoms with van der Waals surface area (Å²) in [5.74, 6) is -0.298. The first-order valence-electron chi connectivity index (χ1n) is 9.89. The van der Waals surface area contributed by atoms with E-state index in [4.69, 9.17) is 0 Å². The van der Waals surface area contributed by atoms with Gasteiger partial charge in [-0.25, -0.2) is 4.98 Å². The Bertz CT molecular complexity index is 965. The highest BCUT2D eigenvalue weighted by Gasteiger charge is 2.14. The SMILES string of the molecule is O=C(Nc1cc2ccccc2nc1F)c1ccc(NCC2CCCCC2)cc1. The van der Waals surface area contributed by atoms with Gasteiger partial charge >= 0.3 is 0 Å². The van der Waals surface area contributed by atoms with Crippen molar-refractivity contribution in [3.8, 4) is 0 Å². The minimum absolute atomic E-state index is 0.0863. The average Bonchev–Trinajstić information content (AvgIpc) is 2.74. The van der Waals surface area contributed by atoms with Gasteiger partial charge in [-0.15, -0.1) is 0 Å². The molecule has 3 aromatic rings. The molecule has 0 aliphatic heterocycles. The Hall–Kier alpha value is -2.95. The van der Waals surface area contributed by atoms with Crippen LogP contribution in [-0.4, -0.2) is 17.4 Å². The summed E-state index contributed by atoms with van der Waals surface area (Å²) in [6, 6.07) is 16.1. The summed E-state index contributed by atoms with van der Waals surface area (Å²) >= 11 is 0. The molecule has 0 unspecified atom stereocenters. The number of fused-ring (bicyclic) bond motifs is 1. The molecule has 1 heterocycles. The number of pyridine rings is 1. The Kier molecular flexibility index (Phi) is 5.51. The molecule has 2 aromatic carbocycles. The van der Waals surface area contributed by atoms with Crippen molar-refractivity contribution in [3.05, 3.63) is 66.1 Å². The van der Waals surface area contributed by atoms with Crippen molar-refractivity contribution in [1.29, 1.82) is 0 Å². The number of benzene rings is 2. The predicted octanol–water partition coefficient (Wildman–Crippen LogP) is 5.62. The summed E-state index contributed by atoms with van der Waals surface area (Å²) in [7, 11) is 0. The number of hydrogen-bond donors (Lipinski definition) is 2. The van der Waals surface area contributed by atoms with E-state index in [9.17, 15) is 9.18 Å². The zero-order chi connectivity index (χ0) is 19.3. The number of carbonyl (C=O) groups excluding carboxylic acids is 1. The van der Waals surface area contributed by atoms with Crippen LogP contribution in [0.2, 0.25) is 0 Å². The highest BCUT2D eigenvalue weighted by molar-refractivity contribution is 6.05. The van der Waals surface area contributed by atoms with Crippen LogP contribution in [0.3, 0.4) is 0 Å². The van der Waals surface area contributed by atoms with Gasteiger partial charge in [0.2, 0.25) is 5.95 Å². The van der Waals surface area contributed by atoms with Gasteiger partial charge in [0.1, 0.15) is 0 Å². The van der Waals surface area contributed by atoms with Gasteiger partial charge in [-0.2, -0.15) is 4.39 Å². The van der Waals surface area contributed by atoms with E-state index in [1.165, 1.54) is 32.1 Å². The fourth-order valence-electron chi connectivity index (χ4n) is 3.77. The van der Waals surface area contributed by atoms with E-state index in [0.717, 1.165) is 23.5 Å². The quantitative estimate of drug-likeness (QED) is 0.568. The van der Waals surface area contributed by atoms with Gasteiger partial charge in [-0.3, -0.25) is 4.79 Å². The number of carbonyl (C=O) groups is 1. The van der Waals surface area contributed by atoms with Gasteiger partial charge in [0, 0.05) is 23.2 Å². The third-order valence-electron chi connectivity index (χ3n) is 5.39. The first kappa shape index (κ1) is 18.4. The highest BCUT2D eigenvalue weighted by atomic mass is 19.1. The first-order valence-corrected chi connectivity index (χ1v) is 9.89. The molecule has 1 aliphatic rings. The largest absolute Gasteiger partial charge is 0.385 e. The van der Waals surface area contributed by atoms with Gasteiger partial charge < -0.3 is 10.6 Å². The maximum atomic E-state index is 14.2. The molecule has 0 bridgehead atoms. The van der Waals surface area contributed by atoms with Crippen LogP contribution in [0.15, 0.2) is 54.6 Å². The molecule has 1 aliphatic carbocycles. The normalized spacial score (nSPS) is 14.8. The lowest BCUT2D eigenvalue weighted by Crippen LogP contribution is -2.17. The molecule has 4 rings (SSSR count). The average molecular weight is 377 g/mol. The van der Waals surface area contributed by atoms with Crippen LogP contribution in [0.1, 0.15) is 42.5 Å². The van der Waals surface area contributed by atoms with E-state index >= 15 is 0 Å². The minimum atomic E-state index is -0.683. The van der Waals surface area contributed by atoms with Crippen LogP contribution in [0, 0.1) is 11.9 Å². The molecule has 28 heavy (non-hydrogen) atoms. The number of hydrogen-bond acceptors (Lipinski definition) is 3. The maximum Gasteiger partial charge on any atom is 0.255 e. The molecular weight excluding hydrogens is 353 g/mol. The molecule has 144 valence electrons. The summed E-state index contributed by atoms with van der Waals surface area (Å²) < 4.78 is 14.2. The van der Waals surface area contributed by atoms with E-state index in [2.05, 4.69) is 15.6 Å². The fourth-order valence-corrected chi connectivity index (χ4v) is 3.77. The van der Waals surface area contributed by atoms with Crippen molar-refractivity contribution in [2.24, 2.45) is 5.92 Å². The Labute approximate surface area is 164 Å². The van der Waals surface area contributed by atoms with Crippen molar-refractivity contribution in [2.75, 3.05) is 17.2 Å². The third kappa shape index (κ3) is 4.30. The topological polar surface area (TPSA) is 54.0 Å². The zero-order valence-electron chi connectivity index (χ0n) is 15.7. The summed E-state index contributed by atoms with van der Waals surface area (Å²) in [6.07, 6.45) is 6.59. The molecule has 2 N–H and O–H groups in total. The Balaban J connectivity index is 1.40. The molecule has 1 saturated carbocycles. The highest BCUT2D eigenvalue weighted by Crippen LogP contribution is 2.24. The first-order chi connectivity index (χ1) is 13.7. The molecule has 0 radical (unpaired) electrons.